The van der Waals surface area contributed by atoms with Gasteiger partial charge in [0.1, 0.15) is 23.0 Å². The van der Waals surface area contributed by atoms with E-state index in [9.17, 15) is 9.18 Å². The van der Waals surface area contributed by atoms with E-state index in [-0.39, 0.29) is 11.4 Å². The van der Waals surface area contributed by atoms with Crippen LogP contribution in [0.5, 0.6) is 11.5 Å². The monoisotopic (exact) mass is 416 g/mol. The van der Waals surface area contributed by atoms with Crippen LogP contribution in [0.4, 0.5) is 10.1 Å². The molecule has 0 saturated heterocycles. The van der Waals surface area contributed by atoms with E-state index in [2.05, 4.69) is 10.4 Å². The van der Waals surface area contributed by atoms with Crippen molar-refractivity contribution in [2.75, 3.05) is 5.32 Å². The van der Waals surface area contributed by atoms with Gasteiger partial charge in [-0.15, -0.1) is 0 Å². The van der Waals surface area contributed by atoms with Crippen LogP contribution >= 0.6 is 0 Å². The van der Waals surface area contributed by atoms with Crippen LogP contribution in [0.2, 0.25) is 0 Å². The van der Waals surface area contributed by atoms with Crippen molar-refractivity contribution in [2.45, 2.75) is 13.5 Å². The van der Waals surface area contributed by atoms with Crippen LogP contribution < -0.4 is 15.8 Å². The maximum atomic E-state index is 14.4. The first-order valence-electron chi connectivity index (χ1n) is 9.73. The van der Waals surface area contributed by atoms with Crippen molar-refractivity contribution in [2.24, 2.45) is 5.73 Å². The molecule has 4 rings (SSSR count). The number of nitrogens with one attached hydrogen (secondary N) is 1. The zero-order chi connectivity index (χ0) is 21.8. The summed E-state index contributed by atoms with van der Waals surface area (Å²) in [7, 11) is 0. The van der Waals surface area contributed by atoms with Gasteiger partial charge < -0.3 is 15.8 Å². The highest BCUT2D eigenvalue weighted by Gasteiger charge is 2.18. The van der Waals surface area contributed by atoms with Gasteiger partial charge in [-0.05, 0) is 55.0 Å². The predicted octanol–water partition coefficient (Wildman–Crippen LogP) is 4.82. The van der Waals surface area contributed by atoms with Crippen LogP contribution in [0.1, 0.15) is 21.7 Å². The third-order valence-corrected chi connectivity index (χ3v) is 4.62. The quantitative estimate of drug-likeness (QED) is 0.472. The number of benzene rings is 3. The summed E-state index contributed by atoms with van der Waals surface area (Å²) >= 11 is 0. The van der Waals surface area contributed by atoms with Gasteiger partial charge in [-0.2, -0.15) is 5.10 Å². The molecule has 0 aliphatic heterocycles. The molecule has 1 amide bonds. The Labute approximate surface area is 179 Å². The Hall–Kier alpha value is -3.97. The lowest BCUT2D eigenvalue weighted by atomic mass is 10.2. The fourth-order valence-electron chi connectivity index (χ4n) is 3.15. The predicted molar refractivity (Wildman–Crippen MR) is 117 cm³/mol. The van der Waals surface area contributed by atoms with Crippen molar-refractivity contribution in [1.29, 1.82) is 0 Å². The Kier molecular flexibility index (Phi) is 5.77. The number of para-hydroxylation sites is 1. The molecule has 0 saturated carbocycles. The van der Waals surface area contributed by atoms with Crippen LogP contribution in [0.15, 0.2) is 78.9 Å². The summed E-state index contributed by atoms with van der Waals surface area (Å²) in [6.07, 6.45) is 0. The summed E-state index contributed by atoms with van der Waals surface area (Å²) in [6, 6.07) is 22.4. The van der Waals surface area contributed by atoms with E-state index in [1.807, 2.05) is 42.5 Å². The smallest absolute Gasteiger partial charge is 0.274 e. The highest BCUT2D eigenvalue weighted by Crippen LogP contribution is 2.27. The van der Waals surface area contributed by atoms with Crippen LogP contribution in [-0.4, -0.2) is 15.7 Å². The number of ether oxygens (including phenoxy) is 1. The number of nitrogens with zero attached hydrogens (tertiary/aromatic N) is 2. The van der Waals surface area contributed by atoms with Crippen molar-refractivity contribution in [3.05, 3.63) is 102 Å². The van der Waals surface area contributed by atoms with Crippen LogP contribution in [0.25, 0.3) is 5.69 Å². The Balaban J connectivity index is 1.61. The number of carbonyl (C=O) groups is 1. The largest absolute Gasteiger partial charge is 0.457 e. The maximum absolute atomic E-state index is 14.4. The molecule has 0 unspecified atom stereocenters. The van der Waals surface area contributed by atoms with Gasteiger partial charge in [0.15, 0.2) is 0 Å². The van der Waals surface area contributed by atoms with E-state index in [1.54, 1.807) is 25.1 Å². The van der Waals surface area contributed by atoms with Crippen molar-refractivity contribution >= 4 is 11.6 Å². The fraction of sp³-hybridized carbons (Fsp3) is 0.0833. The lowest BCUT2D eigenvalue weighted by Gasteiger charge is -2.11. The molecule has 1 heterocycles. The average molecular weight is 416 g/mol. The molecule has 3 aromatic carbocycles. The lowest BCUT2D eigenvalue weighted by molar-refractivity contribution is 0.101. The van der Waals surface area contributed by atoms with E-state index in [4.69, 9.17) is 10.5 Å². The second-order valence-electron chi connectivity index (χ2n) is 6.97. The number of aromatic nitrogens is 2. The highest BCUT2D eigenvalue weighted by molar-refractivity contribution is 6.03. The van der Waals surface area contributed by atoms with Gasteiger partial charge >= 0.3 is 0 Å². The number of hydrogen-bond donors (Lipinski definition) is 2. The van der Waals surface area contributed by atoms with Gasteiger partial charge in [-0.25, -0.2) is 9.07 Å². The molecule has 0 aliphatic rings. The molecular formula is C24H21FN4O2. The molecular weight excluding hydrogens is 395 g/mol. The van der Waals surface area contributed by atoms with Gasteiger partial charge in [-0.3, -0.25) is 4.79 Å². The van der Waals surface area contributed by atoms with Crippen LogP contribution in [0, 0.1) is 12.7 Å². The molecule has 7 heteroatoms. The van der Waals surface area contributed by atoms with Gasteiger partial charge in [-0.1, -0.05) is 30.3 Å². The zero-order valence-electron chi connectivity index (χ0n) is 16.9. The number of amides is 1. The molecule has 0 aliphatic carbocycles. The van der Waals surface area contributed by atoms with E-state index in [0.717, 1.165) is 5.56 Å². The third kappa shape index (κ3) is 4.62. The number of hydrogen-bond acceptors (Lipinski definition) is 4. The van der Waals surface area contributed by atoms with Crippen molar-refractivity contribution in [3.63, 3.8) is 0 Å². The second kappa shape index (κ2) is 8.81. The van der Waals surface area contributed by atoms with Crippen molar-refractivity contribution < 1.29 is 13.9 Å². The molecule has 0 fully saturated rings. The first kappa shape index (κ1) is 20.3. The van der Waals surface area contributed by atoms with Gasteiger partial charge in [0.2, 0.25) is 0 Å². The Morgan fingerprint density at radius 3 is 2.61 bits per heavy atom. The van der Waals surface area contributed by atoms with E-state index in [0.29, 0.717) is 29.4 Å². The summed E-state index contributed by atoms with van der Waals surface area (Å²) < 4.78 is 21.7. The average Bonchev–Trinajstić information content (AvgIpc) is 3.19. The normalized spacial score (nSPS) is 10.7. The number of rotatable bonds is 6. The molecule has 0 atom stereocenters. The summed E-state index contributed by atoms with van der Waals surface area (Å²) in [5, 5.41) is 7.04. The molecule has 0 radical (unpaired) electrons. The van der Waals surface area contributed by atoms with E-state index >= 15 is 0 Å². The minimum Gasteiger partial charge on any atom is -0.457 e. The van der Waals surface area contributed by atoms with Crippen LogP contribution in [0.3, 0.4) is 0 Å². The Bertz CT molecular complexity index is 1220. The second-order valence-corrected chi connectivity index (χ2v) is 6.97. The van der Waals surface area contributed by atoms with Gasteiger partial charge in [0.05, 0.1) is 17.1 Å². The van der Waals surface area contributed by atoms with E-state index in [1.165, 1.54) is 22.9 Å². The fourth-order valence-corrected chi connectivity index (χ4v) is 3.15. The Morgan fingerprint density at radius 2 is 1.84 bits per heavy atom. The summed E-state index contributed by atoms with van der Waals surface area (Å²) in [5.74, 6) is -0.0423. The molecule has 31 heavy (non-hydrogen) atoms. The lowest BCUT2D eigenvalue weighted by Crippen LogP contribution is -2.18. The molecule has 4 aromatic rings. The summed E-state index contributed by atoms with van der Waals surface area (Å²) in [4.78, 5) is 13.0. The van der Waals surface area contributed by atoms with Crippen LogP contribution in [-0.2, 0) is 6.54 Å². The first-order valence-corrected chi connectivity index (χ1v) is 9.73. The molecule has 3 N–H and O–H groups in total. The number of halogens is 1. The molecule has 6 nitrogen and oxygen atoms in total. The number of carbonyl (C=O) groups excluding carboxylic acids is 1. The minimum atomic E-state index is -0.568. The Morgan fingerprint density at radius 1 is 1.03 bits per heavy atom. The number of nitrogens with two attached hydrogens (primary N) is 1. The standard InChI is InChI=1S/C24H21FN4O2/c1-16-12-23(29(28-16)18-7-5-6-17(13-18)15-26)24(30)27-22-14-20(10-11-21(22)25)31-19-8-3-2-4-9-19/h2-14H,15,26H2,1H3,(H,27,30). The molecule has 1 aromatic heterocycles. The summed E-state index contributed by atoms with van der Waals surface area (Å²) in [5.41, 5.74) is 8.28. The highest BCUT2D eigenvalue weighted by atomic mass is 19.1. The molecule has 0 bridgehead atoms. The van der Waals surface area contributed by atoms with E-state index < -0.39 is 11.7 Å². The van der Waals surface area contributed by atoms with Crippen molar-refractivity contribution in [3.8, 4) is 17.2 Å². The SMILES string of the molecule is Cc1cc(C(=O)Nc2cc(Oc3ccccc3)ccc2F)n(-c2cccc(CN)c2)n1. The maximum Gasteiger partial charge on any atom is 0.274 e. The number of anilines is 1. The first-order chi connectivity index (χ1) is 15.0. The number of aryl methyl sites for hydroxylation is 1. The summed E-state index contributed by atoms with van der Waals surface area (Å²) in [6.45, 7) is 2.16. The molecule has 156 valence electrons. The van der Waals surface area contributed by atoms with Gasteiger partial charge in [0, 0.05) is 12.6 Å². The third-order valence-electron chi connectivity index (χ3n) is 4.62. The van der Waals surface area contributed by atoms with Crippen molar-refractivity contribution in [1.82, 2.24) is 9.78 Å². The van der Waals surface area contributed by atoms with Gasteiger partial charge in [0.25, 0.3) is 5.91 Å². The topological polar surface area (TPSA) is 82.2 Å². The zero-order valence-corrected chi connectivity index (χ0v) is 16.9. The minimum absolute atomic E-state index is 0.0135. The molecule has 0 spiro atoms.